The second-order valence-electron chi connectivity index (χ2n) is 6.34. The molecule has 0 aliphatic carbocycles. The maximum atomic E-state index is 12.9. The van der Waals surface area contributed by atoms with Gasteiger partial charge in [-0.15, -0.1) is 11.8 Å². The van der Waals surface area contributed by atoms with E-state index in [0.717, 1.165) is 45.7 Å². The van der Waals surface area contributed by atoms with Gasteiger partial charge in [0.15, 0.2) is 0 Å². The van der Waals surface area contributed by atoms with E-state index in [0.29, 0.717) is 0 Å². The van der Waals surface area contributed by atoms with Gasteiger partial charge in [-0.05, 0) is 48.1 Å². The van der Waals surface area contributed by atoms with Gasteiger partial charge in [0.05, 0.1) is 0 Å². The highest BCUT2D eigenvalue weighted by atomic mass is 32.2. The van der Waals surface area contributed by atoms with E-state index in [4.69, 9.17) is 0 Å². The van der Waals surface area contributed by atoms with Crippen molar-refractivity contribution in [2.45, 2.75) is 17.9 Å². The van der Waals surface area contributed by atoms with Crippen LogP contribution in [0.1, 0.15) is 11.1 Å². The van der Waals surface area contributed by atoms with Crippen LogP contribution in [0.3, 0.4) is 0 Å². The van der Waals surface area contributed by atoms with Crippen LogP contribution in [0, 0.1) is 5.82 Å². The second kappa shape index (κ2) is 8.65. The van der Waals surface area contributed by atoms with Crippen LogP contribution in [0.15, 0.2) is 53.4 Å². The molecule has 0 radical (unpaired) electrons. The van der Waals surface area contributed by atoms with E-state index >= 15 is 0 Å². The molecule has 0 spiro atoms. The first kappa shape index (κ1) is 17.5. The third kappa shape index (κ3) is 5.07. The van der Waals surface area contributed by atoms with Crippen molar-refractivity contribution in [3.05, 3.63) is 65.5 Å². The van der Waals surface area contributed by atoms with E-state index in [1.807, 2.05) is 12.1 Å². The molecule has 0 saturated carbocycles. The van der Waals surface area contributed by atoms with Gasteiger partial charge >= 0.3 is 0 Å². The first-order chi connectivity index (χ1) is 11.7. The molecule has 0 unspecified atom stereocenters. The van der Waals surface area contributed by atoms with Gasteiger partial charge < -0.3 is 4.90 Å². The molecule has 24 heavy (non-hydrogen) atoms. The van der Waals surface area contributed by atoms with Gasteiger partial charge in [0.25, 0.3) is 0 Å². The first-order valence-corrected chi connectivity index (χ1v) is 9.77. The number of hydrogen-bond donors (Lipinski definition) is 0. The summed E-state index contributed by atoms with van der Waals surface area (Å²) in [4.78, 5) is 6.36. The van der Waals surface area contributed by atoms with Gasteiger partial charge in [-0.3, -0.25) is 4.90 Å². The molecular weight excluding hydrogens is 319 g/mol. The van der Waals surface area contributed by atoms with E-state index < -0.39 is 0 Å². The Bertz CT molecular complexity index is 619. The largest absolute Gasteiger partial charge is 0.300 e. The van der Waals surface area contributed by atoms with Crippen LogP contribution in [0.2, 0.25) is 0 Å². The van der Waals surface area contributed by atoms with Crippen molar-refractivity contribution in [2.24, 2.45) is 0 Å². The Morgan fingerprint density at radius 1 is 0.833 bits per heavy atom. The van der Waals surface area contributed by atoms with Gasteiger partial charge in [-0.2, -0.15) is 0 Å². The summed E-state index contributed by atoms with van der Waals surface area (Å²) in [5.41, 5.74) is 2.61. The highest BCUT2D eigenvalue weighted by Crippen LogP contribution is 2.16. The average molecular weight is 344 g/mol. The minimum Gasteiger partial charge on any atom is -0.300 e. The number of piperazine rings is 1. The van der Waals surface area contributed by atoms with Crippen molar-refractivity contribution in [3.63, 3.8) is 0 Å². The molecule has 2 nitrogen and oxygen atoms in total. The Morgan fingerprint density at radius 2 is 1.42 bits per heavy atom. The standard InChI is InChI=1S/C20H25FN2S/c1-24-20-8-4-18(5-9-20)16-23-14-12-22(13-15-23)11-10-17-2-6-19(21)7-3-17/h2-9H,10-16H2,1H3. The topological polar surface area (TPSA) is 6.48 Å². The van der Waals surface area contributed by atoms with Crippen LogP contribution in [0.4, 0.5) is 4.39 Å². The fourth-order valence-electron chi connectivity index (χ4n) is 3.10. The van der Waals surface area contributed by atoms with E-state index in [-0.39, 0.29) is 5.82 Å². The Hall–Kier alpha value is -1.36. The molecule has 1 heterocycles. The molecule has 0 N–H and O–H groups in total. The van der Waals surface area contributed by atoms with Gasteiger partial charge in [0.2, 0.25) is 0 Å². The van der Waals surface area contributed by atoms with Crippen molar-refractivity contribution in [3.8, 4) is 0 Å². The van der Waals surface area contributed by atoms with Crippen LogP contribution >= 0.6 is 11.8 Å². The maximum Gasteiger partial charge on any atom is 0.123 e. The third-order valence-electron chi connectivity index (χ3n) is 4.66. The number of halogens is 1. The Morgan fingerprint density at radius 3 is 2.04 bits per heavy atom. The average Bonchev–Trinajstić information content (AvgIpc) is 2.63. The van der Waals surface area contributed by atoms with Crippen molar-refractivity contribution < 1.29 is 4.39 Å². The summed E-state index contributed by atoms with van der Waals surface area (Å²) in [6.07, 6.45) is 3.11. The Kier molecular flexibility index (Phi) is 6.30. The van der Waals surface area contributed by atoms with Crippen LogP contribution in [0.25, 0.3) is 0 Å². The summed E-state index contributed by atoms with van der Waals surface area (Å²) in [6, 6.07) is 15.8. The zero-order valence-electron chi connectivity index (χ0n) is 14.2. The fraction of sp³-hybridized carbons (Fsp3) is 0.400. The quantitative estimate of drug-likeness (QED) is 0.734. The molecule has 1 aliphatic rings. The number of hydrogen-bond acceptors (Lipinski definition) is 3. The molecule has 1 fully saturated rings. The molecule has 2 aromatic carbocycles. The lowest BCUT2D eigenvalue weighted by Crippen LogP contribution is -2.46. The number of nitrogens with zero attached hydrogens (tertiary/aromatic N) is 2. The van der Waals surface area contributed by atoms with Crippen LogP contribution in [0.5, 0.6) is 0 Å². The molecule has 0 amide bonds. The summed E-state index contributed by atoms with van der Waals surface area (Å²) in [7, 11) is 0. The molecule has 4 heteroatoms. The number of thioether (sulfide) groups is 1. The fourth-order valence-corrected chi connectivity index (χ4v) is 3.51. The predicted molar refractivity (Wildman–Crippen MR) is 100 cm³/mol. The molecule has 0 aromatic heterocycles. The summed E-state index contributed by atoms with van der Waals surface area (Å²) >= 11 is 1.79. The van der Waals surface area contributed by atoms with Crippen LogP contribution in [-0.2, 0) is 13.0 Å². The number of rotatable bonds is 6. The van der Waals surface area contributed by atoms with E-state index in [1.165, 1.54) is 16.0 Å². The molecule has 3 rings (SSSR count). The van der Waals surface area contributed by atoms with E-state index in [2.05, 4.69) is 40.3 Å². The van der Waals surface area contributed by atoms with E-state index in [1.54, 1.807) is 23.9 Å². The maximum absolute atomic E-state index is 12.9. The smallest absolute Gasteiger partial charge is 0.123 e. The zero-order valence-corrected chi connectivity index (χ0v) is 15.1. The first-order valence-electron chi connectivity index (χ1n) is 8.55. The molecule has 0 atom stereocenters. The summed E-state index contributed by atoms with van der Waals surface area (Å²) in [5, 5.41) is 0. The van der Waals surface area contributed by atoms with Crippen molar-refractivity contribution in [2.75, 3.05) is 39.0 Å². The number of benzene rings is 2. The van der Waals surface area contributed by atoms with Gasteiger partial charge in [-0.1, -0.05) is 24.3 Å². The molecule has 0 bridgehead atoms. The normalized spacial score (nSPS) is 16.4. The monoisotopic (exact) mass is 344 g/mol. The minimum absolute atomic E-state index is 0.155. The molecule has 1 aliphatic heterocycles. The SMILES string of the molecule is CSc1ccc(CN2CCN(CCc3ccc(F)cc3)CC2)cc1. The van der Waals surface area contributed by atoms with Crippen LogP contribution in [-0.4, -0.2) is 48.8 Å². The highest BCUT2D eigenvalue weighted by molar-refractivity contribution is 7.98. The van der Waals surface area contributed by atoms with Gasteiger partial charge in [0, 0.05) is 44.2 Å². The lowest BCUT2D eigenvalue weighted by Gasteiger charge is -2.34. The molecule has 128 valence electrons. The highest BCUT2D eigenvalue weighted by Gasteiger charge is 2.16. The van der Waals surface area contributed by atoms with Crippen LogP contribution < -0.4 is 0 Å². The predicted octanol–water partition coefficient (Wildman–Crippen LogP) is 3.91. The summed E-state index contributed by atoms with van der Waals surface area (Å²) in [6.45, 7) is 6.57. The second-order valence-corrected chi connectivity index (χ2v) is 7.22. The Labute approximate surface area is 148 Å². The lowest BCUT2D eigenvalue weighted by atomic mass is 10.1. The molecular formula is C20H25FN2S. The Balaban J connectivity index is 1.41. The molecule has 1 saturated heterocycles. The van der Waals surface area contributed by atoms with Crippen molar-refractivity contribution in [1.82, 2.24) is 9.80 Å². The van der Waals surface area contributed by atoms with Crippen molar-refractivity contribution >= 4 is 11.8 Å². The lowest BCUT2D eigenvalue weighted by molar-refractivity contribution is 0.128. The van der Waals surface area contributed by atoms with E-state index in [9.17, 15) is 4.39 Å². The van der Waals surface area contributed by atoms with Gasteiger partial charge in [-0.25, -0.2) is 4.39 Å². The van der Waals surface area contributed by atoms with Gasteiger partial charge in [0.1, 0.15) is 5.82 Å². The summed E-state index contributed by atoms with van der Waals surface area (Å²) < 4.78 is 12.9. The zero-order chi connectivity index (χ0) is 16.8. The van der Waals surface area contributed by atoms with Crippen molar-refractivity contribution in [1.29, 1.82) is 0 Å². The summed E-state index contributed by atoms with van der Waals surface area (Å²) in [5.74, 6) is -0.155. The third-order valence-corrected chi connectivity index (χ3v) is 5.40. The minimum atomic E-state index is -0.155. The molecule has 2 aromatic rings.